The molecule has 0 fully saturated rings. The van der Waals surface area contributed by atoms with Crippen LogP contribution in [-0.2, 0) is 6.42 Å². The third-order valence-electron chi connectivity index (χ3n) is 3.36. The van der Waals surface area contributed by atoms with Crippen molar-refractivity contribution in [1.29, 1.82) is 0 Å². The van der Waals surface area contributed by atoms with Gasteiger partial charge in [-0.15, -0.1) is 0 Å². The van der Waals surface area contributed by atoms with Crippen molar-refractivity contribution in [2.45, 2.75) is 6.42 Å². The molecule has 108 valence electrons. The number of carbonyl (C=O) groups excluding carboxylic acids is 1. The Hall–Kier alpha value is -2.55. The van der Waals surface area contributed by atoms with Gasteiger partial charge in [-0.3, -0.25) is 4.79 Å². The van der Waals surface area contributed by atoms with Crippen LogP contribution in [0.3, 0.4) is 0 Å². The molecule has 2 rings (SSSR count). The average Bonchev–Trinajstić information content (AvgIpc) is 2.54. The van der Waals surface area contributed by atoms with Gasteiger partial charge in [0.15, 0.2) is 6.29 Å². The molecule has 0 heterocycles. The number of carbonyl (C=O) groups is 1. The lowest BCUT2D eigenvalue weighted by Crippen LogP contribution is -1.98. The van der Waals surface area contributed by atoms with Crippen LogP contribution in [0.4, 0.5) is 0 Å². The van der Waals surface area contributed by atoms with E-state index < -0.39 is 0 Å². The van der Waals surface area contributed by atoms with Crippen LogP contribution in [-0.4, -0.2) is 20.5 Å². The maximum atomic E-state index is 11.3. The van der Waals surface area contributed by atoms with Crippen LogP contribution in [0.15, 0.2) is 49.0 Å². The molecule has 0 aliphatic rings. The number of methoxy groups -OCH3 is 2. The lowest BCUT2D eigenvalue weighted by Gasteiger charge is -2.12. The van der Waals surface area contributed by atoms with Gasteiger partial charge in [0, 0.05) is 12.0 Å². The first-order valence-corrected chi connectivity index (χ1v) is 6.63. The summed E-state index contributed by atoms with van der Waals surface area (Å²) < 4.78 is 10.5. The van der Waals surface area contributed by atoms with Crippen LogP contribution in [0, 0.1) is 0 Å². The standard InChI is InChI=1S/C18H18O3/c1-13(10-14-6-4-5-7-18(14)21-3)17-9-8-16(20-2)11-15(17)12-19/h4-9,11-12H,1,10H2,2-3H3. The van der Waals surface area contributed by atoms with Gasteiger partial charge in [-0.05, 0) is 34.9 Å². The first-order valence-electron chi connectivity index (χ1n) is 6.63. The number of allylic oxidation sites excluding steroid dienone is 1. The molecule has 0 unspecified atom stereocenters. The molecule has 0 aromatic heterocycles. The third kappa shape index (κ3) is 3.31. The van der Waals surface area contributed by atoms with Gasteiger partial charge < -0.3 is 9.47 Å². The molecule has 2 aromatic carbocycles. The zero-order valence-corrected chi connectivity index (χ0v) is 12.3. The largest absolute Gasteiger partial charge is 0.497 e. The summed E-state index contributed by atoms with van der Waals surface area (Å²) in [5.74, 6) is 1.48. The summed E-state index contributed by atoms with van der Waals surface area (Å²) in [6.07, 6.45) is 1.45. The van der Waals surface area contributed by atoms with Gasteiger partial charge in [0.25, 0.3) is 0 Å². The molecule has 0 amide bonds. The first kappa shape index (κ1) is 14.9. The molecule has 3 nitrogen and oxygen atoms in total. The lowest BCUT2D eigenvalue weighted by molar-refractivity contribution is 0.112. The molecule has 0 spiro atoms. The van der Waals surface area contributed by atoms with E-state index in [4.69, 9.17) is 9.47 Å². The smallest absolute Gasteiger partial charge is 0.150 e. The van der Waals surface area contributed by atoms with E-state index >= 15 is 0 Å². The van der Waals surface area contributed by atoms with Crippen molar-refractivity contribution in [1.82, 2.24) is 0 Å². The summed E-state index contributed by atoms with van der Waals surface area (Å²) >= 11 is 0. The molecule has 21 heavy (non-hydrogen) atoms. The van der Waals surface area contributed by atoms with Crippen molar-refractivity contribution < 1.29 is 14.3 Å². The normalized spacial score (nSPS) is 10.0. The van der Waals surface area contributed by atoms with E-state index in [9.17, 15) is 4.79 Å². The Morgan fingerprint density at radius 1 is 1.14 bits per heavy atom. The topological polar surface area (TPSA) is 35.5 Å². The predicted molar refractivity (Wildman–Crippen MR) is 84.1 cm³/mol. The van der Waals surface area contributed by atoms with Crippen LogP contribution in [0.2, 0.25) is 0 Å². The SMILES string of the molecule is C=C(Cc1ccccc1OC)c1ccc(OC)cc1C=O. The second-order valence-electron chi connectivity index (χ2n) is 4.66. The summed E-state index contributed by atoms with van der Waals surface area (Å²) in [5.41, 5.74) is 3.31. The van der Waals surface area contributed by atoms with Gasteiger partial charge in [-0.25, -0.2) is 0 Å². The minimum atomic E-state index is 0.578. The lowest BCUT2D eigenvalue weighted by atomic mass is 9.95. The van der Waals surface area contributed by atoms with Gasteiger partial charge in [0.1, 0.15) is 11.5 Å². The summed E-state index contributed by atoms with van der Waals surface area (Å²) in [4.78, 5) is 11.3. The molecule has 0 saturated heterocycles. The second-order valence-corrected chi connectivity index (χ2v) is 4.66. The highest BCUT2D eigenvalue weighted by molar-refractivity contribution is 5.86. The number of rotatable bonds is 6. The van der Waals surface area contributed by atoms with Crippen molar-refractivity contribution in [2.75, 3.05) is 14.2 Å². The van der Waals surface area contributed by atoms with E-state index in [2.05, 4.69) is 6.58 Å². The van der Waals surface area contributed by atoms with E-state index in [1.165, 1.54) is 0 Å². The fourth-order valence-electron chi connectivity index (χ4n) is 2.26. The van der Waals surface area contributed by atoms with Crippen LogP contribution in [0.25, 0.3) is 5.57 Å². The third-order valence-corrected chi connectivity index (χ3v) is 3.36. The molecule has 0 aliphatic heterocycles. The van der Waals surface area contributed by atoms with Gasteiger partial charge in [-0.1, -0.05) is 30.8 Å². The second kappa shape index (κ2) is 6.75. The minimum absolute atomic E-state index is 0.578. The molecule has 0 radical (unpaired) electrons. The van der Waals surface area contributed by atoms with Gasteiger partial charge in [-0.2, -0.15) is 0 Å². The van der Waals surface area contributed by atoms with Gasteiger partial charge in [0.05, 0.1) is 14.2 Å². The Labute approximate surface area is 124 Å². The Morgan fingerprint density at radius 2 is 1.90 bits per heavy atom. The zero-order valence-electron chi connectivity index (χ0n) is 12.3. The highest BCUT2D eigenvalue weighted by Crippen LogP contribution is 2.27. The number of para-hydroxylation sites is 1. The molecule has 0 bridgehead atoms. The molecular formula is C18H18O3. The van der Waals surface area contributed by atoms with Crippen LogP contribution in [0.1, 0.15) is 21.5 Å². The van der Waals surface area contributed by atoms with Crippen molar-refractivity contribution in [3.05, 3.63) is 65.7 Å². The summed E-state index contributed by atoms with van der Waals surface area (Å²) in [6.45, 7) is 4.10. The summed E-state index contributed by atoms with van der Waals surface area (Å²) in [6, 6.07) is 13.2. The molecule has 0 aliphatic carbocycles. The number of hydrogen-bond donors (Lipinski definition) is 0. The van der Waals surface area contributed by atoms with E-state index in [1.807, 2.05) is 36.4 Å². The molecule has 3 heteroatoms. The van der Waals surface area contributed by atoms with Crippen molar-refractivity contribution in [3.63, 3.8) is 0 Å². The molecule has 0 saturated carbocycles. The van der Waals surface area contributed by atoms with E-state index in [1.54, 1.807) is 20.3 Å². The zero-order chi connectivity index (χ0) is 15.2. The minimum Gasteiger partial charge on any atom is -0.497 e. The highest BCUT2D eigenvalue weighted by atomic mass is 16.5. The molecule has 0 atom stereocenters. The Kier molecular flexibility index (Phi) is 4.77. The highest BCUT2D eigenvalue weighted by Gasteiger charge is 2.10. The van der Waals surface area contributed by atoms with Gasteiger partial charge in [0.2, 0.25) is 0 Å². The number of ether oxygens (including phenoxy) is 2. The first-order chi connectivity index (χ1) is 10.2. The maximum Gasteiger partial charge on any atom is 0.150 e. The Balaban J connectivity index is 2.30. The Bertz CT molecular complexity index is 659. The summed E-state index contributed by atoms with van der Waals surface area (Å²) in [5, 5.41) is 0. The molecule has 0 N–H and O–H groups in total. The molecular weight excluding hydrogens is 264 g/mol. The van der Waals surface area contributed by atoms with E-state index in [0.29, 0.717) is 17.7 Å². The van der Waals surface area contributed by atoms with Crippen LogP contribution < -0.4 is 9.47 Å². The fraction of sp³-hybridized carbons (Fsp3) is 0.167. The van der Waals surface area contributed by atoms with E-state index in [-0.39, 0.29) is 0 Å². The number of benzene rings is 2. The number of aldehydes is 1. The van der Waals surface area contributed by atoms with Crippen LogP contribution in [0.5, 0.6) is 11.5 Å². The van der Waals surface area contributed by atoms with Crippen molar-refractivity contribution in [3.8, 4) is 11.5 Å². The monoisotopic (exact) mass is 282 g/mol. The van der Waals surface area contributed by atoms with Crippen molar-refractivity contribution >= 4 is 11.9 Å². The van der Waals surface area contributed by atoms with Gasteiger partial charge >= 0.3 is 0 Å². The quantitative estimate of drug-likeness (QED) is 0.756. The number of hydrogen-bond acceptors (Lipinski definition) is 3. The van der Waals surface area contributed by atoms with E-state index in [0.717, 1.165) is 28.7 Å². The molecule has 2 aromatic rings. The Morgan fingerprint density at radius 3 is 2.57 bits per heavy atom. The average molecular weight is 282 g/mol. The van der Waals surface area contributed by atoms with Crippen molar-refractivity contribution in [2.24, 2.45) is 0 Å². The van der Waals surface area contributed by atoms with Crippen LogP contribution >= 0.6 is 0 Å². The maximum absolute atomic E-state index is 11.3. The summed E-state index contributed by atoms with van der Waals surface area (Å²) in [7, 11) is 3.22. The fourth-order valence-corrected chi connectivity index (χ4v) is 2.26. The predicted octanol–water partition coefficient (Wildman–Crippen LogP) is 3.77.